The molecule has 0 spiro atoms. The van der Waals surface area contributed by atoms with E-state index in [0.717, 1.165) is 0 Å². The predicted molar refractivity (Wildman–Crippen MR) is 54.5 cm³/mol. The molecule has 1 N–H and O–H groups in total. The normalized spacial score (nSPS) is 9.71. The third kappa shape index (κ3) is 9.09. The fourth-order valence-electron chi connectivity index (χ4n) is 0.749. The van der Waals surface area contributed by atoms with Crippen molar-refractivity contribution < 1.29 is 14.6 Å². The molecule has 78 valence electrons. The Morgan fingerprint density at radius 3 is 1.79 bits per heavy atom. The van der Waals surface area contributed by atoms with Crippen molar-refractivity contribution in [2.75, 3.05) is 26.4 Å². The third-order valence-corrected chi connectivity index (χ3v) is 1.40. The molecule has 0 unspecified atom stereocenters. The number of rotatable bonds is 8. The maximum Gasteiger partial charge on any atom is 0.101 e. The zero-order chi connectivity index (χ0) is 10.6. The monoisotopic (exact) mass is 196 g/mol. The summed E-state index contributed by atoms with van der Waals surface area (Å²) in [4.78, 5) is 0. The molecule has 3 heteroatoms. The van der Waals surface area contributed by atoms with Crippen LogP contribution in [0, 0.1) is 24.7 Å². The van der Waals surface area contributed by atoms with Crippen LogP contribution in [0.1, 0.15) is 12.8 Å². The second kappa shape index (κ2) is 10.1. The van der Waals surface area contributed by atoms with Crippen molar-refractivity contribution in [1.82, 2.24) is 0 Å². The van der Waals surface area contributed by atoms with Crippen molar-refractivity contribution in [1.29, 1.82) is 0 Å². The summed E-state index contributed by atoms with van der Waals surface area (Å²) in [6.07, 6.45) is 10.6. The second-order valence-corrected chi connectivity index (χ2v) is 2.71. The van der Waals surface area contributed by atoms with E-state index in [4.69, 9.17) is 22.3 Å². The van der Waals surface area contributed by atoms with Crippen LogP contribution in [0.25, 0.3) is 0 Å². The summed E-state index contributed by atoms with van der Waals surface area (Å²) in [7, 11) is 0. The van der Waals surface area contributed by atoms with Gasteiger partial charge in [-0.1, -0.05) is 0 Å². The van der Waals surface area contributed by atoms with Crippen molar-refractivity contribution in [3.05, 3.63) is 0 Å². The standard InChI is InChI=1S/C11H16O3/c1-3-5-7-13-9-11(12)10-14-8-6-4-2/h1-2,11-12H,5-10H2. The maximum absolute atomic E-state index is 9.29. The van der Waals surface area contributed by atoms with Gasteiger partial charge in [-0.25, -0.2) is 0 Å². The average molecular weight is 196 g/mol. The minimum atomic E-state index is -0.606. The summed E-state index contributed by atoms with van der Waals surface area (Å²) in [5.74, 6) is 4.88. The lowest BCUT2D eigenvalue weighted by Crippen LogP contribution is -2.22. The molecule has 3 nitrogen and oxygen atoms in total. The molecular formula is C11H16O3. The molecule has 0 saturated heterocycles. The van der Waals surface area contributed by atoms with Crippen LogP contribution in [0.4, 0.5) is 0 Å². The van der Waals surface area contributed by atoms with E-state index in [1.807, 2.05) is 0 Å². The van der Waals surface area contributed by atoms with Gasteiger partial charge in [0.2, 0.25) is 0 Å². The van der Waals surface area contributed by atoms with Crippen LogP contribution < -0.4 is 0 Å². The molecule has 0 bridgehead atoms. The molecule has 0 fully saturated rings. The van der Waals surface area contributed by atoms with Crippen LogP contribution in [-0.2, 0) is 9.47 Å². The van der Waals surface area contributed by atoms with E-state index in [1.165, 1.54) is 0 Å². The number of ether oxygens (including phenoxy) is 2. The number of aliphatic hydroxyl groups excluding tert-OH is 1. The van der Waals surface area contributed by atoms with Gasteiger partial charge in [-0.05, 0) is 0 Å². The Bertz CT molecular complexity index is 178. The number of hydrogen-bond donors (Lipinski definition) is 1. The highest BCUT2D eigenvalue weighted by Crippen LogP contribution is 1.90. The Kier molecular flexibility index (Phi) is 9.36. The molecule has 0 heterocycles. The Morgan fingerprint density at radius 2 is 1.43 bits per heavy atom. The van der Waals surface area contributed by atoms with Gasteiger partial charge in [0.15, 0.2) is 0 Å². The minimum Gasteiger partial charge on any atom is -0.388 e. The van der Waals surface area contributed by atoms with Crippen molar-refractivity contribution >= 4 is 0 Å². The summed E-state index contributed by atoms with van der Waals surface area (Å²) in [5.41, 5.74) is 0. The number of terminal acetylenes is 2. The molecule has 0 aromatic rings. The van der Waals surface area contributed by atoms with Gasteiger partial charge in [0.1, 0.15) is 6.10 Å². The van der Waals surface area contributed by atoms with Crippen molar-refractivity contribution in [3.8, 4) is 24.7 Å². The van der Waals surface area contributed by atoms with Gasteiger partial charge >= 0.3 is 0 Å². The second-order valence-electron chi connectivity index (χ2n) is 2.71. The Morgan fingerprint density at radius 1 is 1.00 bits per heavy atom. The molecule has 0 aliphatic rings. The lowest BCUT2D eigenvalue weighted by atomic mass is 10.4. The van der Waals surface area contributed by atoms with Gasteiger partial charge < -0.3 is 14.6 Å². The highest BCUT2D eigenvalue weighted by Gasteiger charge is 2.03. The van der Waals surface area contributed by atoms with E-state index in [9.17, 15) is 5.11 Å². The van der Waals surface area contributed by atoms with Crippen molar-refractivity contribution in [2.45, 2.75) is 18.9 Å². The van der Waals surface area contributed by atoms with Crippen LogP contribution in [0.3, 0.4) is 0 Å². The minimum absolute atomic E-state index is 0.248. The van der Waals surface area contributed by atoms with Gasteiger partial charge in [-0.3, -0.25) is 0 Å². The first-order chi connectivity index (χ1) is 6.81. The van der Waals surface area contributed by atoms with Gasteiger partial charge in [0, 0.05) is 12.8 Å². The summed E-state index contributed by atoms with van der Waals surface area (Å²) in [6, 6.07) is 0. The molecule has 14 heavy (non-hydrogen) atoms. The Hall–Kier alpha value is -1.00. The molecular weight excluding hydrogens is 180 g/mol. The molecule has 0 aromatic heterocycles. The zero-order valence-electron chi connectivity index (χ0n) is 8.24. The largest absolute Gasteiger partial charge is 0.388 e. The van der Waals surface area contributed by atoms with Crippen LogP contribution in [0.5, 0.6) is 0 Å². The lowest BCUT2D eigenvalue weighted by molar-refractivity contribution is -0.0164. The molecule has 0 aliphatic carbocycles. The smallest absolute Gasteiger partial charge is 0.101 e. The first-order valence-corrected chi connectivity index (χ1v) is 4.51. The van der Waals surface area contributed by atoms with E-state index < -0.39 is 6.10 Å². The lowest BCUT2D eigenvalue weighted by Gasteiger charge is -2.10. The first-order valence-electron chi connectivity index (χ1n) is 4.51. The molecule has 0 rings (SSSR count). The summed E-state index contributed by atoms with van der Waals surface area (Å²) < 4.78 is 10.2. The molecule has 0 amide bonds. The van der Waals surface area contributed by atoms with Crippen molar-refractivity contribution in [3.63, 3.8) is 0 Å². The highest BCUT2D eigenvalue weighted by atomic mass is 16.5. The van der Waals surface area contributed by atoms with Crippen LogP contribution in [0.15, 0.2) is 0 Å². The molecule has 0 atom stereocenters. The van der Waals surface area contributed by atoms with E-state index in [-0.39, 0.29) is 13.2 Å². The zero-order valence-corrected chi connectivity index (χ0v) is 8.24. The fourth-order valence-corrected chi connectivity index (χ4v) is 0.749. The van der Waals surface area contributed by atoms with Crippen LogP contribution in [0.2, 0.25) is 0 Å². The van der Waals surface area contributed by atoms with E-state index in [2.05, 4.69) is 11.8 Å². The first kappa shape index (κ1) is 13.0. The molecule has 0 radical (unpaired) electrons. The number of aliphatic hydroxyl groups is 1. The summed E-state index contributed by atoms with van der Waals surface area (Å²) in [5, 5.41) is 9.29. The fraction of sp³-hybridized carbons (Fsp3) is 0.636. The van der Waals surface area contributed by atoms with Crippen molar-refractivity contribution in [2.24, 2.45) is 0 Å². The maximum atomic E-state index is 9.29. The molecule has 0 saturated carbocycles. The van der Waals surface area contributed by atoms with Gasteiger partial charge in [-0.2, -0.15) is 0 Å². The predicted octanol–water partition coefficient (Wildman–Crippen LogP) is 0.427. The van der Waals surface area contributed by atoms with E-state index in [0.29, 0.717) is 26.1 Å². The average Bonchev–Trinajstić information content (AvgIpc) is 2.19. The van der Waals surface area contributed by atoms with Crippen LogP contribution >= 0.6 is 0 Å². The summed E-state index contributed by atoms with van der Waals surface area (Å²) >= 11 is 0. The SMILES string of the molecule is C#CCCOCC(O)COCCC#C. The van der Waals surface area contributed by atoms with Gasteiger partial charge in [0.05, 0.1) is 26.4 Å². The highest BCUT2D eigenvalue weighted by molar-refractivity contribution is 4.83. The van der Waals surface area contributed by atoms with Gasteiger partial charge in [0.25, 0.3) is 0 Å². The summed E-state index contributed by atoms with van der Waals surface area (Å²) in [6.45, 7) is 1.44. The van der Waals surface area contributed by atoms with E-state index >= 15 is 0 Å². The Balaban J connectivity index is 3.16. The molecule has 0 aromatic carbocycles. The Labute approximate surface area is 85.4 Å². The topological polar surface area (TPSA) is 38.7 Å². The quantitative estimate of drug-likeness (QED) is 0.452. The molecule has 0 aliphatic heterocycles. The van der Waals surface area contributed by atoms with Crippen LogP contribution in [-0.4, -0.2) is 37.6 Å². The van der Waals surface area contributed by atoms with Gasteiger partial charge in [-0.15, -0.1) is 24.7 Å². The third-order valence-electron chi connectivity index (χ3n) is 1.40. The van der Waals surface area contributed by atoms with E-state index in [1.54, 1.807) is 0 Å². The number of hydrogen-bond acceptors (Lipinski definition) is 3.